The molecule has 0 spiro atoms. The number of Topliss-reactive ketones (excluding diaryl/α,β-unsaturated/α-hetero) is 3. The molecule has 1 amide bonds. The van der Waals surface area contributed by atoms with Gasteiger partial charge in [0.2, 0.25) is 5.79 Å². The smallest absolute Gasteiger partial charge is 0.329 e. The molecule has 4 aliphatic rings. The maximum Gasteiger partial charge on any atom is 0.329 e. The Morgan fingerprint density at radius 2 is 1.60 bits per heavy atom. The van der Waals surface area contributed by atoms with Gasteiger partial charge in [0, 0.05) is 58.5 Å². The Hall–Kier alpha value is -3.93. The molecule has 15 atom stereocenters. The molecular weight excluding hydrogens is 865 g/mol. The number of carbonyl (C=O) groups excluding carboxylic acids is 5. The van der Waals surface area contributed by atoms with Crippen molar-refractivity contribution < 1.29 is 62.7 Å². The number of methoxy groups -OCH3 is 3. The quantitative estimate of drug-likeness (QED) is 0.0835. The molecule has 0 aromatic carbocycles. The maximum absolute atomic E-state index is 14.4. The summed E-state index contributed by atoms with van der Waals surface area (Å²) >= 11 is 0. The fourth-order valence-corrected chi connectivity index (χ4v) is 10.3. The van der Waals surface area contributed by atoms with Gasteiger partial charge in [0.25, 0.3) is 11.7 Å². The fourth-order valence-electron chi connectivity index (χ4n) is 10.3. The van der Waals surface area contributed by atoms with Crippen LogP contribution in [-0.2, 0) is 52.5 Å². The number of piperidine rings is 1. The van der Waals surface area contributed by atoms with Crippen LogP contribution in [0.2, 0.25) is 0 Å². The zero-order valence-electron chi connectivity index (χ0n) is 41.4. The minimum Gasteiger partial charge on any atom is -0.460 e. The van der Waals surface area contributed by atoms with E-state index < -0.39 is 83.9 Å². The number of fused-ring (bicyclic) bond motifs is 3. The van der Waals surface area contributed by atoms with Crippen molar-refractivity contribution in [2.45, 2.75) is 180 Å². The number of cyclic esters (lactones) is 1. The van der Waals surface area contributed by atoms with Crippen LogP contribution >= 0.6 is 0 Å². The van der Waals surface area contributed by atoms with E-state index in [4.69, 9.17) is 28.5 Å². The first kappa shape index (κ1) is 55.7. The molecule has 0 unspecified atom stereocenters. The molecule has 67 heavy (non-hydrogen) atoms. The van der Waals surface area contributed by atoms with E-state index in [0.29, 0.717) is 69.8 Å². The summed E-state index contributed by atoms with van der Waals surface area (Å²) in [5.74, 6) is -8.35. The lowest BCUT2D eigenvalue weighted by Gasteiger charge is -2.42. The highest BCUT2D eigenvalue weighted by atomic mass is 16.7. The van der Waals surface area contributed by atoms with E-state index in [-0.39, 0.29) is 54.8 Å². The van der Waals surface area contributed by atoms with Crippen molar-refractivity contribution in [2.24, 2.45) is 40.8 Å². The van der Waals surface area contributed by atoms with Gasteiger partial charge >= 0.3 is 5.97 Å². The van der Waals surface area contributed by atoms with E-state index in [1.54, 1.807) is 48.0 Å². The number of nitrogens with zero attached hydrogens (tertiary/aromatic N) is 2. The van der Waals surface area contributed by atoms with Gasteiger partial charge < -0.3 is 43.6 Å². The second kappa shape index (κ2) is 26.2. The van der Waals surface area contributed by atoms with Crippen molar-refractivity contribution in [3.63, 3.8) is 0 Å². The number of esters is 1. The van der Waals surface area contributed by atoms with E-state index in [1.807, 2.05) is 51.2 Å². The lowest BCUT2D eigenvalue weighted by atomic mass is 9.78. The minimum atomic E-state index is -2.44. The summed E-state index contributed by atoms with van der Waals surface area (Å²) in [5.41, 5.74) is 1.23. The minimum absolute atomic E-state index is 0.0257. The Morgan fingerprint density at radius 1 is 0.866 bits per heavy atom. The molecule has 3 heterocycles. The predicted molar refractivity (Wildman–Crippen MR) is 250 cm³/mol. The summed E-state index contributed by atoms with van der Waals surface area (Å²) in [6.45, 7) is 12.6. The number of ether oxygens (including phenoxy) is 5. The van der Waals surface area contributed by atoms with Crippen LogP contribution in [0.3, 0.4) is 0 Å². The normalized spacial score (nSPS) is 39.4. The first-order valence-corrected chi connectivity index (χ1v) is 24.3. The Labute approximate surface area is 397 Å². The molecule has 3 fully saturated rings. The number of allylic oxidation sites excluding steroid dienone is 6. The lowest BCUT2D eigenvalue weighted by Crippen LogP contribution is -2.61. The van der Waals surface area contributed by atoms with Gasteiger partial charge in [0.1, 0.15) is 17.9 Å². The number of carbonyl (C=O) groups is 5. The summed E-state index contributed by atoms with van der Waals surface area (Å²) in [5, 5.41) is 25.1. The van der Waals surface area contributed by atoms with Gasteiger partial charge in [-0.15, -0.1) is 4.91 Å². The Morgan fingerprint density at radius 3 is 2.27 bits per heavy atom. The van der Waals surface area contributed by atoms with Crippen molar-refractivity contribution in [1.82, 2.24) is 4.90 Å². The monoisotopic (exact) mass is 943 g/mol. The Kier molecular flexibility index (Phi) is 21.7. The first-order chi connectivity index (χ1) is 31.8. The second-order valence-electron chi connectivity index (χ2n) is 19.7. The van der Waals surface area contributed by atoms with Gasteiger partial charge in [-0.3, -0.25) is 19.2 Å². The number of rotatable bonds is 8. The van der Waals surface area contributed by atoms with Gasteiger partial charge in [0.15, 0.2) is 23.3 Å². The van der Waals surface area contributed by atoms with Crippen LogP contribution in [0.15, 0.2) is 52.9 Å². The Bertz CT molecular complexity index is 1830. The summed E-state index contributed by atoms with van der Waals surface area (Å²) in [6.07, 6.45) is 10.7. The van der Waals surface area contributed by atoms with Crippen LogP contribution in [0.5, 0.6) is 0 Å². The average molecular weight is 943 g/mol. The molecule has 2 N–H and O–H groups in total. The lowest BCUT2D eigenvalue weighted by molar-refractivity contribution is -0.265. The highest BCUT2D eigenvalue weighted by Crippen LogP contribution is 2.38. The van der Waals surface area contributed by atoms with Crippen LogP contribution < -0.4 is 0 Å². The summed E-state index contributed by atoms with van der Waals surface area (Å²) in [6, 6.07) is -1.16. The van der Waals surface area contributed by atoms with Gasteiger partial charge in [-0.1, -0.05) is 71.1 Å². The highest BCUT2D eigenvalue weighted by molar-refractivity contribution is 6.39. The number of aliphatic hydroxyl groups is 2. The summed E-state index contributed by atoms with van der Waals surface area (Å²) < 4.78 is 29.5. The van der Waals surface area contributed by atoms with Gasteiger partial charge in [-0.25, -0.2) is 4.79 Å². The number of hydrogen-bond donors (Lipinski definition) is 2. The number of ketones is 3. The number of amides is 1. The van der Waals surface area contributed by atoms with Crippen LogP contribution in [0, 0.1) is 40.4 Å². The van der Waals surface area contributed by atoms with E-state index in [9.17, 15) is 39.1 Å². The van der Waals surface area contributed by atoms with Crippen LogP contribution in [0.1, 0.15) is 126 Å². The topological polar surface area (TPSA) is 214 Å². The molecular formula is C51H78N2O14. The molecule has 4 rings (SSSR count). The zero-order valence-corrected chi connectivity index (χ0v) is 41.4. The standard InChI is InChI=1S/C51H78N2O14/c1-30-16-12-11-13-17-31(2)42(62-8)28-38-21-19-36(7)51(60,66-38)48(57)49(58)53-23-15-14-18-39(53)50(59)65-43(33(4)26-37-20-22-40(54)44(27-37)63-9)29-41(55)32(3)25-35(6)46(67-52-61)47(64-10)45(56)34(5)24-30/h11-13,16-17,25,30,32-34,36-40,42-44,46-47,54,60H,14-15,18-24,26-29H2,1-10H3/b13-11+,16-12-,31-17+,35-25+/t30-,32-,33-,34-,36-,37+,38+,39+,40-,42+,43+,44-,46-,47+,51-/m1/s1. The third-order valence-electron chi connectivity index (χ3n) is 14.6. The Balaban J connectivity index is 1.73. The number of aliphatic hydroxyl groups excluding tert-OH is 1. The molecule has 0 aromatic rings. The molecule has 16 heteroatoms. The molecule has 2 saturated heterocycles. The third kappa shape index (κ3) is 14.8. The molecule has 1 saturated carbocycles. The van der Waals surface area contributed by atoms with Crippen LogP contribution in [0.4, 0.5) is 0 Å². The molecule has 3 aliphatic heterocycles. The van der Waals surface area contributed by atoms with Gasteiger partial charge in [0.05, 0.1) is 24.4 Å². The maximum atomic E-state index is 14.4. The van der Waals surface area contributed by atoms with Gasteiger partial charge in [-0.2, -0.15) is 0 Å². The largest absolute Gasteiger partial charge is 0.460 e. The molecule has 16 nitrogen and oxygen atoms in total. The van der Waals surface area contributed by atoms with E-state index in [2.05, 4.69) is 5.34 Å². The highest BCUT2D eigenvalue weighted by Gasteiger charge is 2.53. The van der Waals surface area contributed by atoms with E-state index in [1.165, 1.54) is 12.0 Å². The summed E-state index contributed by atoms with van der Waals surface area (Å²) in [4.78, 5) is 89.0. The molecule has 376 valence electrons. The first-order valence-electron chi connectivity index (χ1n) is 24.3. The predicted octanol–water partition coefficient (Wildman–Crippen LogP) is 6.89. The van der Waals surface area contributed by atoms with Crippen molar-refractivity contribution in [2.75, 3.05) is 27.9 Å². The third-order valence-corrected chi connectivity index (χ3v) is 14.6. The molecule has 1 aliphatic carbocycles. The SMILES string of the molecule is CO[C@H]1C[C@@H]2CC[C@@H](C)[C@@](O)(O2)C(=O)C(=O)N2CCCC[C@H]2C(=O)O[C@H]([C@H](C)C[C@@H]2CC[C@@H](O)[C@H](OC)C2)CC(=O)[C@H](C)/C=C(\C)[C@@H](ON=O)[C@@H](OC)C(=O)[C@H](C)C[C@H](C)\C=C/C=C/C=C/1C. The average Bonchev–Trinajstić information content (AvgIpc) is 3.30. The molecule has 0 aromatic heterocycles. The molecule has 0 radical (unpaired) electrons. The van der Waals surface area contributed by atoms with Crippen molar-refractivity contribution in [1.29, 1.82) is 0 Å². The fraction of sp³-hybridized carbons (Fsp3) is 0.745. The van der Waals surface area contributed by atoms with E-state index >= 15 is 0 Å². The molecule has 2 bridgehead atoms. The van der Waals surface area contributed by atoms with Gasteiger partial charge in [-0.05, 0) is 107 Å². The second-order valence-corrected chi connectivity index (χ2v) is 19.7. The van der Waals surface area contributed by atoms with Crippen molar-refractivity contribution >= 4 is 29.2 Å². The number of hydrogen-bond acceptors (Lipinski definition) is 15. The summed E-state index contributed by atoms with van der Waals surface area (Å²) in [7, 11) is 4.47. The zero-order chi connectivity index (χ0) is 49.6. The van der Waals surface area contributed by atoms with Crippen LogP contribution in [0.25, 0.3) is 0 Å². The van der Waals surface area contributed by atoms with E-state index in [0.717, 1.165) is 5.57 Å². The van der Waals surface area contributed by atoms with Crippen molar-refractivity contribution in [3.05, 3.63) is 52.5 Å². The van der Waals surface area contributed by atoms with Crippen LogP contribution in [-0.4, -0.2) is 127 Å². The van der Waals surface area contributed by atoms with Crippen molar-refractivity contribution in [3.8, 4) is 0 Å².